The van der Waals surface area contributed by atoms with Crippen molar-refractivity contribution in [1.82, 2.24) is 0 Å². The Morgan fingerprint density at radius 3 is 1.86 bits per heavy atom. The molecular weight excluding hydrogens is 195 g/mol. The first-order chi connectivity index (χ1) is 3.35. The summed E-state index contributed by atoms with van der Waals surface area (Å²) < 4.78 is 9.49. The van der Waals surface area contributed by atoms with Crippen molar-refractivity contribution < 1.29 is 3.44 Å². The molecule has 1 nitrogen and oxygen atoms in total. The third kappa shape index (κ3) is 3.35. The summed E-state index contributed by atoms with van der Waals surface area (Å²) in [5.74, 6) is 0. The van der Waals surface area contributed by atoms with Gasteiger partial charge in [-0.2, -0.15) is 0 Å². The van der Waals surface area contributed by atoms with Crippen LogP contribution in [0.1, 0.15) is 26.7 Å². The summed E-state index contributed by atoms with van der Waals surface area (Å²) in [4.78, 5) is 0. The molecule has 0 aliphatic carbocycles. The second-order valence-corrected chi connectivity index (χ2v) is 6.20. The molecule has 0 spiro atoms. The Balaban J connectivity index is 2.99. The molecule has 0 amide bonds. The molecule has 0 radical (unpaired) electrons. The van der Waals surface area contributed by atoms with E-state index in [1.54, 1.807) is 0 Å². The Morgan fingerprint density at radius 2 is 1.86 bits per heavy atom. The molecule has 0 heterocycles. The maximum atomic E-state index is 8.74. The van der Waals surface area contributed by atoms with E-state index in [9.17, 15) is 0 Å². The number of hydrogen-bond donors (Lipinski definition) is 1. The Morgan fingerprint density at radius 1 is 1.43 bits per heavy atom. The van der Waals surface area contributed by atoms with Crippen molar-refractivity contribution in [3.63, 3.8) is 0 Å². The molecule has 0 rings (SSSR count). The van der Waals surface area contributed by atoms with Crippen LogP contribution in [0, 0.1) is 0 Å². The predicted octanol–water partition coefficient (Wildman–Crippen LogP) is 0.671. The molecular formula is C5H14OSn. The summed E-state index contributed by atoms with van der Waals surface area (Å²) in [5.41, 5.74) is 0. The van der Waals surface area contributed by atoms with E-state index in [0.29, 0.717) is 0 Å². The third-order valence-electron chi connectivity index (χ3n) is 1.41. The van der Waals surface area contributed by atoms with Gasteiger partial charge >= 0.3 is 55.6 Å². The van der Waals surface area contributed by atoms with Gasteiger partial charge in [0.25, 0.3) is 0 Å². The third-order valence-corrected chi connectivity index (χ3v) is 6.18. The zero-order chi connectivity index (χ0) is 5.70. The number of rotatable bonds is 3. The summed E-state index contributed by atoms with van der Waals surface area (Å²) in [6.07, 6.45) is 2.40. The summed E-state index contributed by atoms with van der Waals surface area (Å²) in [7, 11) is 0. The molecule has 0 aliphatic heterocycles. The van der Waals surface area contributed by atoms with Gasteiger partial charge in [0.05, 0.1) is 0 Å². The summed E-state index contributed by atoms with van der Waals surface area (Å²) in [6, 6.07) is 0. The summed E-state index contributed by atoms with van der Waals surface area (Å²) >= 11 is -1.20. The van der Waals surface area contributed by atoms with Crippen molar-refractivity contribution in [3.8, 4) is 0 Å². The van der Waals surface area contributed by atoms with Crippen molar-refractivity contribution in [3.05, 3.63) is 0 Å². The van der Waals surface area contributed by atoms with Crippen molar-refractivity contribution >= 4 is 21.6 Å². The molecule has 1 N–H and O–H groups in total. The zero-order valence-electron chi connectivity index (χ0n) is 5.15. The van der Waals surface area contributed by atoms with Crippen LogP contribution in [0.5, 0.6) is 0 Å². The molecule has 0 atom stereocenters. The van der Waals surface area contributed by atoms with Crippen LogP contribution in [0.2, 0.25) is 3.93 Å². The van der Waals surface area contributed by atoms with Crippen molar-refractivity contribution in [2.24, 2.45) is 0 Å². The normalized spacial score (nSPS) is 12.0. The molecule has 0 bridgehead atoms. The molecule has 0 saturated carbocycles. The minimum absolute atomic E-state index is 0.752. The van der Waals surface area contributed by atoms with E-state index in [2.05, 4.69) is 13.8 Å². The molecule has 0 unspecified atom stereocenters. The van der Waals surface area contributed by atoms with E-state index in [-0.39, 0.29) is 0 Å². The monoisotopic (exact) mass is 210 g/mol. The quantitative estimate of drug-likeness (QED) is 0.677. The second-order valence-electron chi connectivity index (χ2n) is 1.87. The second kappa shape index (κ2) is 4.91. The van der Waals surface area contributed by atoms with Crippen LogP contribution in [0.4, 0.5) is 0 Å². The molecule has 0 fully saturated rings. The Labute approximate surface area is 55.9 Å². The van der Waals surface area contributed by atoms with E-state index in [1.807, 2.05) is 0 Å². The van der Waals surface area contributed by atoms with E-state index < -0.39 is 21.6 Å². The average Bonchev–Trinajstić information content (AvgIpc) is 1.72. The molecule has 0 aromatic carbocycles. The van der Waals surface area contributed by atoms with Crippen LogP contribution < -0.4 is 0 Å². The van der Waals surface area contributed by atoms with Gasteiger partial charge in [-0.3, -0.25) is 0 Å². The molecule has 2 heteroatoms. The fourth-order valence-corrected chi connectivity index (χ4v) is 2.02. The van der Waals surface area contributed by atoms with Crippen LogP contribution in [0.25, 0.3) is 0 Å². The summed E-state index contributed by atoms with van der Waals surface area (Å²) in [5, 5.41) is 0. The van der Waals surface area contributed by atoms with Crippen molar-refractivity contribution in [1.29, 1.82) is 0 Å². The Hall–Kier alpha value is 0.759. The van der Waals surface area contributed by atoms with E-state index in [0.717, 1.165) is 3.93 Å². The van der Waals surface area contributed by atoms with Gasteiger partial charge in [0.15, 0.2) is 0 Å². The van der Waals surface area contributed by atoms with Gasteiger partial charge in [0.2, 0.25) is 0 Å². The van der Waals surface area contributed by atoms with Crippen LogP contribution in [-0.2, 0) is 0 Å². The van der Waals surface area contributed by atoms with Crippen LogP contribution in [-0.4, -0.2) is 25.0 Å². The predicted molar refractivity (Wildman–Crippen MR) is 35.1 cm³/mol. The Kier molecular flexibility index (Phi) is 5.44. The fourth-order valence-electron chi connectivity index (χ4n) is 0.547. The minimum atomic E-state index is -1.20. The molecule has 0 aromatic heterocycles. The van der Waals surface area contributed by atoms with Gasteiger partial charge in [-0.1, -0.05) is 0 Å². The van der Waals surface area contributed by atoms with Crippen LogP contribution in [0.3, 0.4) is 0 Å². The number of hydrogen-bond acceptors (Lipinski definition) is 1. The molecule has 44 valence electrons. The zero-order valence-corrected chi connectivity index (χ0v) is 9.18. The first-order valence-corrected chi connectivity index (χ1v) is 7.09. The van der Waals surface area contributed by atoms with Gasteiger partial charge in [0.1, 0.15) is 0 Å². The van der Waals surface area contributed by atoms with E-state index >= 15 is 0 Å². The van der Waals surface area contributed by atoms with Gasteiger partial charge in [-0.25, -0.2) is 0 Å². The molecule has 0 aromatic rings. The van der Waals surface area contributed by atoms with Gasteiger partial charge < -0.3 is 0 Å². The first kappa shape index (κ1) is 7.76. The van der Waals surface area contributed by atoms with Crippen molar-refractivity contribution in [2.45, 2.75) is 30.6 Å². The maximum absolute atomic E-state index is 8.74. The summed E-state index contributed by atoms with van der Waals surface area (Å²) in [6.45, 7) is 4.31. The average molecular weight is 209 g/mol. The first-order valence-electron chi connectivity index (χ1n) is 2.96. The Bertz CT molecular complexity index is 29.6. The van der Waals surface area contributed by atoms with Crippen LogP contribution >= 0.6 is 0 Å². The van der Waals surface area contributed by atoms with Crippen molar-refractivity contribution in [2.75, 3.05) is 0 Å². The van der Waals surface area contributed by atoms with Gasteiger partial charge in [-0.15, -0.1) is 0 Å². The molecule has 7 heavy (non-hydrogen) atoms. The SMILES string of the molecule is CC[CH](CC)[SnH2][OH]. The topological polar surface area (TPSA) is 20.2 Å². The van der Waals surface area contributed by atoms with Gasteiger partial charge in [0, 0.05) is 0 Å². The van der Waals surface area contributed by atoms with Gasteiger partial charge in [-0.05, 0) is 0 Å². The molecule has 0 aliphatic rings. The van der Waals surface area contributed by atoms with Crippen LogP contribution in [0.15, 0.2) is 0 Å². The van der Waals surface area contributed by atoms with E-state index in [1.165, 1.54) is 12.8 Å². The molecule has 0 saturated heterocycles. The van der Waals surface area contributed by atoms with E-state index in [4.69, 9.17) is 3.44 Å². The standard InChI is InChI=1S/C5H11.H2O.Sn.2H/c1-3-5-4-2;;;;/h5H,3-4H2,1-2H3;1H2;;;/q;;+1;;/p-1. The fraction of sp³-hybridized carbons (Fsp3) is 1.00.